The molecule has 0 heterocycles. The predicted octanol–water partition coefficient (Wildman–Crippen LogP) is 3.81. The molecule has 0 amide bonds. The maximum atomic E-state index is 8.99. The zero-order chi connectivity index (χ0) is 12.3. The molecule has 0 unspecified atom stereocenters. The van der Waals surface area contributed by atoms with Crippen LogP contribution in [0.4, 0.5) is 0 Å². The maximum Gasteiger partial charge on any atom is 0.0681 e. The fourth-order valence-electron chi connectivity index (χ4n) is 1.80. The van der Waals surface area contributed by atoms with Gasteiger partial charge < -0.3 is 5.11 Å². The van der Waals surface area contributed by atoms with E-state index >= 15 is 0 Å². The van der Waals surface area contributed by atoms with E-state index < -0.39 is 0 Å². The average Bonchev–Trinajstić information content (AvgIpc) is 2.39. The predicted molar refractivity (Wildman–Crippen MR) is 71.5 cm³/mol. The van der Waals surface area contributed by atoms with E-state index in [1.807, 2.05) is 24.3 Å². The molecule has 1 heteroatoms. The van der Waals surface area contributed by atoms with Gasteiger partial charge in [-0.25, -0.2) is 0 Å². The second-order valence-electron chi connectivity index (χ2n) is 4.43. The van der Waals surface area contributed by atoms with E-state index in [4.69, 9.17) is 5.11 Å². The first-order chi connectivity index (χ1) is 8.20. The third-order valence-corrected chi connectivity index (χ3v) is 2.93. The van der Waals surface area contributed by atoms with Gasteiger partial charge in [0, 0.05) is 0 Å². The molecule has 1 N–H and O–H groups in total. The molecule has 2 aromatic rings. The summed E-state index contributed by atoms with van der Waals surface area (Å²) >= 11 is 0. The van der Waals surface area contributed by atoms with Crippen molar-refractivity contribution in [2.45, 2.75) is 20.5 Å². The quantitative estimate of drug-likeness (QED) is 0.842. The first kappa shape index (κ1) is 11.9. The Balaban J connectivity index is 2.26. The van der Waals surface area contributed by atoms with Crippen LogP contribution < -0.4 is 0 Å². The van der Waals surface area contributed by atoms with Crippen LogP contribution in [0.15, 0.2) is 48.5 Å². The second-order valence-corrected chi connectivity index (χ2v) is 4.43. The van der Waals surface area contributed by atoms with E-state index in [1.54, 1.807) is 0 Å². The van der Waals surface area contributed by atoms with Gasteiger partial charge in [-0.2, -0.15) is 0 Å². The Labute approximate surface area is 103 Å². The lowest BCUT2D eigenvalue weighted by molar-refractivity contribution is 0.282. The highest BCUT2D eigenvalue weighted by Crippen LogP contribution is 2.22. The summed E-state index contributed by atoms with van der Waals surface area (Å²) in [6.07, 6.45) is 0. The maximum absolute atomic E-state index is 8.99. The van der Waals surface area contributed by atoms with Crippen LogP contribution in [0.2, 0.25) is 0 Å². The third-order valence-electron chi connectivity index (χ3n) is 2.93. The molecule has 0 fully saturated rings. The molecule has 0 spiro atoms. The highest BCUT2D eigenvalue weighted by atomic mass is 16.3. The van der Waals surface area contributed by atoms with Crippen molar-refractivity contribution in [1.82, 2.24) is 0 Å². The average molecular weight is 225 g/mol. The molecule has 0 bridgehead atoms. The van der Waals surface area contributed by atoms with Crippen LogP contribution in [-0.2, 0) is 6.61 Å². The molecule has 0 aliphatic carbocycles. The molecular weight excluding hydrogens is 208 g/mol. The molecule has 2 aromatic carbocycles. The summed E-state index contributed by atoms with van der Waals surface area (Å²) < 4.78 is 0. The minimum absolute atomic E-state index is 0.100. The molecule has 0 aromatic heterocycles. The van der Waals surface area contributed by atoms with Crippen molar-refractivity contribution in [3.8, 4) is 11.1 Å². The van der Waals surface area contributed by atoms with Gasteiger partial charge in [-0.1, -0.05) is 62.4 Å². The largest absolute Gasteiger partial charge is 0.392 e. The smallest absolute Gasteiger partial charge is 0.0681 e. The Morgan fingerprint density at radius 3 is 1.71 bits per heavy atom. The Kier molecular flexibility index (Phi) is 3.60. The summed E-state index contributed by atoms with van der Waals surface area (Å²) in [7, 11) is 0. The lowest BCUT2D eigenvalue weighted by atomic mass is 9.98. The van der Waals surface area contributed by atoms with Crippen LogP contribution in [0.25, 0.3) is 11.1 Å². The SMILES string of the molecule is C[C](C)c1ccc(-c2ccc(CO)cc2)cc1. The van der Waals surface area contributed by atoms with Gasteiger partial charge in [-0.3, -0.25) is 0 Å². The Bertz CT molecular complexity index is 466. The van der Waals surface area contributed by atoms with Gasteiger partial charge in [0.05, 0.1) is 6.61 Å². The van der Waals surface area contributed by atoms with Crippen LogP contribution >= 0.6 is 0 Å². The molecular formula is C16H17O. The molecule has 0 aliphatic rings. The first-order valence-corrected chi connectivity index (χ1v) is 5.81. The summed E-state index contributed by atoms with van der Waals surface area (Å²) in [6, 6.07) is 16.6. The van der Waals surface area contributed by atoms with Gasteiger partial charge in [0.2, 0.25) is 0 Å². The number of aliphatic hydroxyl groups excluding tert-OH is 1. The van der Waals surface area contributed by atoms with Gasteiger partial charge in [-0.05, 0) is 28.2 Å². The zero-order valence-corrected chi connectivity index (χ0v) is 10.3. The van der Waals surface area contributed by atoms with E-state index in [0.29, 0.717) is 0 Å². The molecule has 0 saturated carbocycles. The van der Waals surface area contributed by atoms with Crippen molar-refractivity contribution in [3.05, 3.63) is 65.6 Å². The van der Waals surface area contributed by atoms with Crippen molar-refractivity contribution in [3.63, 3.8) is 0 Å². The van der Waals surface area contributed by atoms with Crippen molar-refractivity contribution in [1.29, 1.82) is 0 Å². The molecule has 17 heavy (non-hydrogen) atoms. The number of benzene rings is 2. The number of hydrogen-bond acceptors (Lipinski definition) is 1. The van der Waals surface area contributed by atoms with Gasteiger partial charge in [0.25, 0.3) is 0 Å². The number of aliphatic hydroxyl groups is 1. The minimum atomic E-state index is 0.100. The standard InChI is InChI=1S/C16H17O/c1-12(2)14-7-9-16(10-8-14)15-5-3-13(11-17)4-6-15/h3-10,17H,11H2,1-2H3. The van der Waals surface area contributed by atoms with Gasteiger partial charge in [-0.15, -0.1) is 0 Å². The van der Waals surface area contributed by atoms with Gasteiger partial charge in [0.1, 0.15) is 0 Å². The van der Waals surface area contributed by atoms with Crippen LogP contribution in [0.5, 0.6) is 0 Å². The molecule has 87 valence electrons. The summed E-state index contributed by atoms with van der Waals surface area (Å²) in [6.45, 7) is 4.33. The van der Waals surface area contributed by atoms with Crippen LogP contribution in [-0.4, -0.2) is 5.11 Å². The summed E-state index contributed by atoms with van der Waals surface area (Å²) in [4.78, 5) is 0. The lowest BCUT2D eigenvalue weighted by Gasteiger charge is -2.07. The van der Waals surface area contributed by atoms with Crippen LogP contribution in [0.1, 0.15) is 25.0 Å². The Morgan fingerprint density at radius 2 is 1.29 bits per heavy atom. The normalized spacial score (nSPS) is 10.8. The van der Waals surface area contributed by atoms with E-state index in [0.717, 1.165) is 5.56 Å². The van der Waals surface area contributed by atoms with Crippen LogP contribution in [0, 0.1) is 5.92 Å². The Morgan fingerprint density at radius 1 is 0.824 bits per heavy atom. The van der Waals surface area contributed by atoms with Crippen molar-refractivity contribution < 1.29 is 5.11 Å². The van der Waals surface area contributed by atoms with Crippen LogP contribution in [0.3, 0.4) is 0 Å². The highest BCUT2D eigenvalue weighted by Gasteiger charge is 2.01. The number of rotatable bonds is 3. The molecule has 2 rings (SSSR count). The first-order valence-electron chi connectivity index (χ1n) is 5.81. The third kappa shape index (κ3) is 2.75. The van der Waals surface area contributed by atoms with E-state index in [1.165, 1.54) is 22.6 Å². The van der Waals surface area contributed by atoms with Gasteiger partial charge in [0.15, 0.2) is 0 Å². The summed E-state index contributed by atoms with van der Waals surface area (Å²) in [5, 5.41) is 8.99. The van der Waals surface area contributed by atoms with Crippen molar-refractivity contribution in [2.24, 2.45) is 0 Å². The molecule has 0 saturated heterocycles. The summed E-state index contributed by atoms with van der Waals surface area (Å²) in [5.74, 6) is 1.33. The summed E-state index contributed by atoms with van der Waals surface area (Å²) in [5.41, 5.74) is 4.62. The fraction of sp³-hybridized carbons (Fsp3) is 0.188. The van der Waals surface area contributed by atoms with Crippen molar-refractivity contribution in [2.75, 3.05) is 0 Å². The van der Waals surface area contributed by atoms with E-state index in [9.17, 15) is 0 Å². The van der Waals surface area contributed by atoms with Crippen molar-refractivity contribution >= 4 is 0 Å². The van der Waals surface area contributed by atoms with Gasteiger partial charge >= 0.3 is 0 Å². The fourth-order valence-corrected chi connectivity index (χ4v) is 1.80. The minimum Gasteiger partial charge on any atom is -0.392 e. The zero-order valence-electron chi connectivity index (χ0n) is 10.3. The van der Waals surface area contributed by atoms with E-state index in [2.05, 4.69) is 38.1 Å². The van der Waals surface area contributed by atoms with E-state index in [-0.39, 0.29) is 6.61 Å². The number of hydrogen-bond donors (Lipinski definition) is 1. The monoisotopic (exact) mass is 225 g/mol. The highest BCUT2D eigenvalue weighted by molar-refractivity contribution is 5.64. The lowest BCUT2D eigenvalue weighted by Crippen LogP contribution is -1.88. The Hall–Kier alpha value is -1.60. The topological polar surface area (TPSA) is 20.2 Å². The molecule has 1 nitrogen and oxygen atoms in total. The molecule has 1 radical (unpaired) electrons. The molecule has 0 aliphatic heterocycles. The molecule has 0 atom stereocenters. The second kappa shape index (κ2) is 5.15.